The van der Waals surface area contributed by atoms with Gasteiger partial charge in [-0.05, 0) is 37.6 Å². The number of hydrogen-bond donors (Lipinski definition) is 2. The molecule has 23 heavy (non-hydrogen) atoms. The van der Waals surface area contributed by atoms with Crippen LogP contribution in [0.3, 0.4) is 0 Å². The van der Waals surface area contributed by atoms with Crippen LogP contribution in [0.4, 0.5) is 4.39 Å². The molecule has 1 amide bonds. The lowest BCUT2D eigenvalue weighted by Gasteiger charge is -2.24. The molecule has 1 atom stereocenters. The summed E-state index contributed by atoms with van der Waals surface area (Å²) in [5.41, 5.74) is 1.67. The fraction of sp³-hybridized carbons (Fsp3) is 0.278. The number of aliphatic hydroxyl groups is 1. The van der Waals surface area contributed by atoms with E-state index < -0.39 is 17.8 Å². The summed E-state index contributed by atoms with van der Waals surface area (Å²) >= 11 is 0. The van der Waals surface area contributed by atoms with Crippen molar-refractivity contribution in [2.45, 2.75) is 20.0 Å². The minimum Gasteiger partial charge on any atom is -0.507 e. The highest BCUT2D eigenvalue weighted by atomic mass is 19.1. The normalized spacial score (nSPS) is 12.0. The molecule has 0 saturated carbocycles. The Morgan fingerprint density at radius 3 is 2.48 bits per heavy atom. The van der Waals surface area contributed by atoms with Gasteiger partial charge in [-0.3, -0.25) is 4.79 Å². The number of amides is 1. The molecule has 2 rings (SSSR count). The quantitative estimate of drug-likeness (QED) is 0.891. The Morgan fingerprint density at radius 2 is 1.87 bits per heavy atom. The van der Waals surface area contributed by atoms with Crippen LogP contribution >= 0.6 is 0 Å². The van der Waals surface area contributed by atoms with Gasteiger partial charge in [0.15, 0.2) is 0 Å². The van der Waals surface area contributed by atoms with Gasteiger partial charge in [0.1, 0.15) is 11.6 Å². The first-order valence-corrected chi connectivity index (χ1v) is 7.44. The van der Waals surface area contributed by atoms with Crippen molar-refractivity contribution >= 4 is 5.91 Å². The summed E-state index contributed by atoms with van der Waals surface area (Å²) in [6, 6.07) is 10.6. The largest absolute Gasteiger partial charge is 0.507 e. The summed E-state index contributed by atoms with van der Waals surface area (Å²) in [7, 11) is 0. The summed E-state index contributed by atoms with van der Waals surface area (Å²) in [4.78, 5) is 13.8. The first-order valence-electron chi connectivity index (χ1n) is 7.44. The Bertz CT molecular complexity index is 685. The van der Waals surface area contributed by atoms with Gasteiger partial charge in [-0.2, -0.15) is 0 Å². The number of hydrogen-bond acceptors (Lipinski definition) is 3. The molecule has 0 heterocycles. The second kappa shape index (κ2) is 7.24. The summed E-state index contributed by atoms with van der Waals surface area (Å²) in [6.45, 7) is 4.10. The zero-order valence-corrected chi connectivity index (χ0v) is 13.2. The standard InChI is InChI=1S/C18H20FNO3/c1-3-20(11-17(22)13-6-4-12(2)5-7-13)18(23)15-10-14(19)8-9-16(15)21/h4-10,17,21-22H,3,11H2,1-2H3. The van der Waals surface area contributed by atoms with Crippen molar-refractivity contribution in [2.24, 2.45) is 0 Å². The Balaban J connectivity index is 2.17. The number of aliphatic hydroxyl groups excluding tert-OH is 1. The van der Waals surface area contributed by atoms with Crippen LogP contribution in [-0.2, 0) is 0 Å². The molecule has 2 aromatic carbocycles. The molecule has 0 aliphatic heterocycles. The van der Waals surface area contributed by atoms with Crippen LogP contribution in [0.1, 0.15) is 34.5 Å². The number of aryl methyl sites for hydroxylation is 1. The number of carbonyl (C=O) groups excluding carboxylic acids is 1. The Kier molecular flexibility index (Phi) is 5.34. The fourth-order valence-electron chi connectivity index (χ4n) is 2.31. The van der Waals surface area contributed by atoms with Gasteiger partial charge in [0.05, 0.1) is 18.2 Å². The van der Waals surface area contributed by atoms with Gasteiger partial charge in [0, 0.05) is 6.54 Å². The smallest absolute Gasteiger partial charge is 0.257 e. The molecule has 0 fully saturated rings. The number of likely N-dealkylation sites (N-methyl/N-ethyl adjacent to an activating group) is 1. The third-order valence-electron chi connectivity index (χ3n) is 3.71. The average molecular weight is 317 g/mol. The molecule has 122 valence electrons. The highest BCUT2D eigenvalue weighted by Gasteiger charge is 2.21. The number of carbonyl (C=O) groups is 1. The van der Waals surface area contributed by atoms with Crippen molar-refractivity contribution in [2.75, 3.05) is 13.1 Å². The lowest BCUT2D eigenvalue weighted by molar-refractivity contribution is 0.0631. The van der Waals surface area contributed by atoms with Crippen LogP contribution in [-0.4, -0.2) is 34.1 Å². The zero-order chi connectivity index (χ0) is 17.0. The Morgan fingerprint density at radius 1 is 1.22 bits per heavy atom. The summed E-state index contributed by atoms with van der Waals surface area (Å²) < 4.78 is 13.3. The van der Waals surface area contributed by atoms with Gasteiger partial charge in [0.25, 0.3) is 5.91 Å². The van der Waals surface area contributed by atoms with Crippen LogP contribution in [0.2, 0.25) is 0 Å². The van der Waals surface area contributed by atoms with Crippen molar-refractivity contribution < 1.29 is 19.4 Å². The molecule has 0 spiro atoms. The molecule has 0 radical (unpaired) electrons. The van der Waals surface area contributed by atoms with Crippen molar-refractivity contribution in [1.82, 2.24) is 4.90 Å². The van der Waals surface area contributed by atoms with E-state index in [-0.39, 0.29) is 17.9 Å². The highest BCUT2D eigenvalue weighted by molar-refractivity contribution is 5.96. The van der Waals surface area contributed by atoms with E-state index in [0.29, 0.717) is 12.1 Å². The van der Waals surface area contributed by atoms with Gasteiger partial charge in [-0.1, -0.05) is 29.8 Å². The van der Waals surface area contributed by atoms with E-state index >= 15 is 0 Å². The van der Waals surface area contributed by atoms with Crippen molar-refractivity contribution in [3.05, 3.63) is 65.0 Å². The number of nitrogens with zero attached hydrogens (tertiary/aromatic N) is 1. The maximum Gasteiger partial charge on any atom is 0.257 e. The third-order valence-corrected chi connectivity index (χ3v) is 3.71. The number of benzene rings is 2. The third kappa shape index (κ3) is 4.07. The van der Waals surface area contributed by atoms with E-state index in [4.69, 9.17) is 0 Å². The number of halogens is 1. The first-order chi connectivity index (χ1) is 10.9. The van der Waals surface area contributed by atoms with Gasteiger partial charge >= 0.3 is 0 Å². The monoisotopic (exact) mass is 317 g/mol. The molecule has 0 aliphatic rings. The molecule has 0 bridgehead atoms. The van der Waals surface area contributed by atoms with Crippen LogP contribution < -0.4 is 0 Å². The summed E-state index contributed by atoms with van der Waals surface area (Å²) in [5, 5.41) is 20.1. The van der Waals surface area contributed by atoms with Crippen molar-refractivity contribution in [3.63, 3.8) is 0 Å². The van der Waals surface area contributed by atoms with E-state index in [2.05, 4.69) is 0 Å². The van der Waals surface area contributed by atoms with Crippen molar-refractivity contribution in [3.8, 4) is 5.75 Å². The number of phenolic OH excluding ortho intramolecular Hbond substituents is 1. The topological polar surface area (TPSA) is 60.8 Å². The molecule has 0 aliphatic carbocycles. The Labute approximate surface area is 134 Å². The second-order valence-corrected chi connectivity index (χ2v) is 5.43. The molecular weight excluding hydrogens is 297 g/mol. The first kappa shape index (κ1) is 17.0. The van der Waals surface area contributed by atoms with Crippen LogP contribution in [0, 0.1) is 12.7 Å². The highest BCUT2D eigenvalue weighted by Crippen LogP contribution is 2.22. The number of rotatable bonds is 5. The van der Waals surface area contributed by atoms with Crippen LogP contribution in [0.5, 0.6) is 5.75 Å². The van der Waals surface area contributed by atoms with E-state index in [9.17, 15) is 19.4 Å². The number of aromatic hydroxyl groups is 1. The predicted molar refractivity (Wildman–Crippen MR) is 85.8 cm³/mol. The van der Waals surface area contributed by atoms with E-state index in [1.54, 1.807) is 19.1 Å². The molecule has 0 aromatic heterocycles. The minimum absolute atomic E-state index is 0.0638. The molecular formula is C18H20FNO3. The Hall–Kier alpha value is -2.40. The predicted octanol–water partition coefficient (Wildman–Crippen LogP) is 3.04. The maximum absolute atomic E-state index is 13.3. The maximum atomic E-state index is 13.3. The molecule has 5 heteroatoms. The SMILES string of the molecule is CCN(CC(O)c1ccc(C)cc1)C(=O)c1cc(F)ccc1O. The zero-order valence-electron chi connectivity index (χ0n) is 13.2. The molecule has 1 unspecified atom stereocenters. The summed E-state index contributed by atoms with van der Waals surface area (Å²) in [6.07, 6.45) is -0.852. The average Bonchev–Trinajstić information content (AvgIpc) is 2.54. The lowest BCUT2D eigenvalue weighted by atomic mass is 10.1. The van der Waals surface area contributed by atoms with E-state index in [1.807, 2.05) is 19.1 Å². The van der Waals surface area contributed by atoms with Crippen LogP contribution in [0.25, 0.3) is 0 Å². The fourth-order valence-corrected chi connectivity index (χ4v) is 2.31. The van der Waals surface area contributed by atoms with Gasteiger partial charge in [-0.25, -0.2) is 4.39 Å². The van der Waals surface area contributed by atoms with E-state index in [1.165, 1.54) is 4.90 Å². The summed E-state index contributed by atoms with van der Waals surface area (Å²) in [5.74, 6) is -1.39. The molecule has 4 nitrogen and oxygen atoms in total. The lowest BCUT2D eigenvalue weighted by Crippen LogP contribution is -2.34. The minimum atomic E-state index is -0.852. The second-order valence-electron chi connectivity index (χ2n) is 5.43. The van der Waals surface area contributed by atoms with Crippen molar-refractivity contribution in [1.29, 1.82) is 0 Å². The van der Waals surface area contributed by atoms with Gasteiger partial charge in [0.2, 0.25) is 0 Å². The van der Waals surface area contributed by atoms with E-state index in [0.717, 1.165) is 23.8 Å². The van der Waals surface area contributed by atoms with Gasteiger partial charge < -0.3 is 15.1 Å². The molecule has 2 N–H and O–H groups in total. The molecule has 2 aromatic rings. The van der Waals surface area contributed by atoms with Crippen LogP contribution in [0.15, 0.2) is 42.5 Å². The van der Waals surface area contributed by atoms with Gasteiger partial charge in [-0.15, -0.1) is 0 Å². The number of phenols is 1. The molecule has 0 saturated heterocycles.